The quantitative estimate of drug-likeness (QED) is 0.766. The van der Waals surface area contributed by atoms with Gasteiger partial charge in [0, 0.05) is 43.7 Å². The number of amides is 2. The molecular formula is C18H23BrFN3O2. The number of hydrogen-bond donors (Lipinski definition) is 0. The lowest BCUT2D eigenvalue weighted by Crippen LogP contribution is -2.52. The lowest BCUT2D eigenvalue weighted by atomic mass is 10.1. The maximum Gasteiger partial charge on any atom is 0.256 e. The lowest BCUT2D eigenvalue weighted by Gasteiger charge is -2.36. The van der Waals surface area contributed by atoms with Gasteiger partial charge in [-0.05, 0) is 37.5 Å². The molecule has 0 spiro atoms. The predicted molar refractivity (Wildman–Crippen MR) is 96.9 cm³/mol. The molecule has 0 saturated carbocycles. The predicted octanol–water partition coefficient (Wildman–Crippen LogP) is 2.36. The molecule has 0 bridgehead atoms. The molecule has 0 atom stereocenters. The smallest absolute Gasteiger partial charge is 0.256 e. The van der Waals surface area contributed by atoms with Crippen molar-refractivity contribution in [2.45, 2.75) is 19.3 Å². The summed E-state index contributed by atoms with van der Waals surface area (Å²) in [6, 6.07) is 4.48. The molecule has 0 radical (unpaired) electrons. The first-order chi connectivity index (χ1) is 12.0. The van der Waals surface area contributed by atoms with Crippen LogP contribution in [0.4, 0.5) is 4.39 Å². The zero-order chi connectivity index (χ0) is 17.8. The van der Waals surface area contributed by atoms with Crippen molar-refractivity contribution in [2.75, 3.05) is 45.8 Å². The maximum absolute atomic E-state index is 14.0. The molecule has 2 fully saturated rings. The summed E-state index contributed by atoms with van der Waals surface area (Å²) in [5.41, 5.74) is 0.0982. The fraction of sp³-hybridized carbons (Fsp3) is 0.556. The van der Waals surface area contributed by atoms with E-state index in [1.165, 1.54) is 18.6 Å². The number of carbonyl (C=O) groups is 2. The van der Waals surface area contributed by atoms with Gasteiger partial charge in [0.15, 0.2) is 0 Å². The van der Waals surface area contributed by atoms with Gasteiger partial charge in [-0.2, -0.15) is 0 Å². The summed E-state index contributed by atoms with van der Waals surface area (Å²) in [6.45, 7) is 4.45. The van der Waals surface area contributed by atoms with Gasteiger partial charge in [0.1, 0.15) is 5.82 Å². The van der Waals surface area contributed by atoms with E-state index in [2.05, 4.69) is 20.8 Å². The Balaban J connectivity index is 1.51. The molecule has 5 nitrogen and oxygen atoms in total. The van der Waals surface area contributed by atoms with Crippen LogP contribution >= 0.6 is 15.9 Å². The van der Waals surface area contributed by atoms with Gasteiger partial charge in [-0.3, -0.25) is 14.5 Å². The van der Waals surface area contributed by atoms with Gasteiger partial charge < -0.3 is 9.80 Å². The average molecular weight is 412 g/mol. The second-order valence-electron chi connectivity index (χ2n) is 6.63. The molecule has 25 heavy (non-hydrogen) atoms. The average Bonchev–Trinajstić information content (AvgIpc) is 2.62. The number of halogens is 2. The number of likely N-dealkylation sites (tertiary alicyclic amines) is 1. The highest BCUT2D eigenvalue weighted by Crippen LogP contribution is 2.18. The van der Waals surface area contributed by atoms with Crippen molar-refractivity contribution in [2.24, 2.45) is 0 Å². The van der Waals surface area contributed by atoms with Crippen molar-refractivity contribution in [3.8, 4) is 0 Å². The Bertz CT molecular complexity index is 641. The van der Waals surface area contributed by atoms with E-state index in [-0.39, 0.29) is 17.4 Å². The third-order valence-corrected chi connectivity index (χ3v) is 5.38. The van der Waals surface area contributed by atoms with Crippen LogP contribution in [0.1, 0.15) is 29.6 Å². The first kappa shape index (κ1) is 18.3. The molecule has 0 aromatic heterocycles. The Labute approximate surface area is 155 Å². The number of piperidine rings is 1. The van der Waals surface area contributed by atoms with Gasteiger partial charge in [0.05, 0.1) is 12.1 Å². The minimum absolute atomic E-state index is 0.0982. The molecule has 2 heterocycles. The number of rotatable bonds is 3. The van der Waals surface area contributed by atoms with Crippen molar-refractivity contribution in [1.29, 1.82) is 0 Å². The number of piperazine rings is 1. The van der Waals surface area contributed by atoms with Crippen molar-refractivity contribution < 1.29 is 14.0 Å². The molecule has 3 rings (SSSR count). The van der Waals surface area contributed by atoms with E-state index >= 15 is 0 Å². The van der Waals surface area contributed by atoms with E-state index in [1.54, 1.807) is 11.0 Å². The maximum atomic E-state index is 14.0. The van der Waals surface area contributed by atoms with E-state index in [9.17, 15) is 14.0 Å². The largest absolute Gasteiger partial charge is 0.342 e. The van der Waals surface area contributed by atoms with Crippen LogP contribution in [0.3, 0.4) is 0 Å². The molecule has 2 saturated heterocycles. The van der Waals surface area contributed by atoms with Gasteiger partial charge in [-0.1, -0.05) is 15.9 Å². The van der Waals surface area contributed by atoms with Crippen molar-refractivity contribution in [3.63, 3.8) is 0 Å². The minimum Gasteiger partial charge on any atom is -0.342 e. The third kappa shape index (κ3) is 4.58. The minimum atomic E-state index is -0.512. The first-order valence-corrected chi connectivity index (χ1v) is 9.58. The normalized spacial score (nSPS) is 19.1. The SMILES string of the molecule is O=C(CN1CCN(C(=O)c2ccc(Br)cc2F)CC1)N1CCCCC1. The summed E-state index contributed by atoms with van der Waals surface area (Å²) < 4.78 is 14.6. The second kappa shape index (κ2) is 8.27. The van der Waals surface area contributed by atoms with E-state index in [0.717, 1.165) is 25.9 Å². The van der Waals surface area contributed by atoms with E-state index in [1.807, 2.05) is 4.90 Å². The molecule has 1 aromatic rings. The van der Waals surface area contributed by atoms with E-state index < -0.39 is 5.82 Å². The van der Waals surface area contributed by atoms with Crippen LogP contribution in [0, 0.1) is 5.82 Å². The monoisotopic (exact) mass is 411 g/mol. The Morgan fingerprint density at radius 1 is 0.960 bits per heavy atom. The molecule has 2 aliphatic rings. The summed E-state index contributed by atoms with van der Waals surface area (Å²) in [5.74, 6) is -0.618. The highest BCUT2D eigenvalue weighted by molar-refractivity contribution is 9.10. The van der Waals surface area contributed by atoms with Gasteiger partial charge in [-0.25, -0.2) is 4.39 Å². The van der Waals surface area contributed by atoms with Crippen LogP contribution in [0.5, 0.6) is 0 Å². The third-order valence-electron chi connectivity index (χ3n) is 4.89. The van der Waals surface area contributed by atoms with Crippen LogP contribution in [-0.4, -0.2) is 72.3 Å². The number of carbonyl (C=O) groups excluding carboxylic acids is 2. The van der Waals surface area contributed by atoms with Gasteiger partial charge in [-0.15, -0.1) is 0 Å². The van der Waals surface area contributed by atoms with Crippen LogP contribution in [0.2, 0.25) is 0 Å². The number of benzene rings is 1. The van der Waals surface area contributed by atoms with Crippen LogP contribution in [-0.2, 0) is 4.79 Å². The van der Waals surface area contributed by atoms with Gasteiger partial charge in [0.25, 0.3) is 5.91 Å². The molecule has 2 aliphatic heterocycles. The van der Waals surface area contributed by atoms with E-state index in [4.69, 9.17) is 0 Å². The first-order valence-electron chi connectivity index (χ1n) is 8.79. The second-order valence-corrected chi connectivity index (χ2v) is 7.55. The van der Waals surface area contributed by atoms with Crippen molar-refractivity contribution in [3.05, 3.63) is 34.1 Å². The number of hydrogen-bond acceptors (Lipinski definition) is 3. The van der Waals surface area contributed by atoms with E-state index in [0.29, 0.717) is 37.2 Å². The fourth-order valence-corrected chi connectivity index (χ4v) is 3.71. The molecule has 0 N–H and O–H groups in total. The van der Waals surface area contributed by atoms with Crippen LogP contribution in [0.25, 0.3) is 0 Å². The molecule has 2 amide bonds. The van der Waals surface area contributed by atoms with Crippen LogP contribution in [0.15, 0.2) is 22.7 Å². The Kier molecular flexibility index (Phi) is 6.06. The van der Waals surface area contributed by atoms with Gasteiger partial charge in [0.2, 0.25) is 5.91 Å². The summed E-state index contributed by atoms with van der Waals surface area (Å²) in [4.78, 5) is 30.5. The molecule has 1 aromatic carbocycles. The topological polar surface area (TPSA) is 43.9 Å². The summed E-state index contributed by atoms with van der Waals surface area (Å²) in [7, 11) is 0. The summed E-state index contributed by atoms with van der Waals surface area (Å²) in [6.07, 6.45) is 3.39. The highest BCUT2D eigenvalue weighted by Gasteiger charge is 2.26. The molecular weight excluding hydrogens is 389 g/mol. The molecule has 0 unspecified atom stereocenters. The Morgan fingerprint density at radius 3 is 2.28 bits per heavy atom. The Morgan fingerprint density at radius 2 is 1.64 bits per heavy atom. The molecule has 0 aliphatic carbocycles. The van der Waals surface area contributed by atoms with Crippen molar-refractivity contribution in [1.82, 2.24) is 14.7 Å². The summed E-state index contributed by atoms with van der Waals surface area (Å²) in [5, 5.41) is 0. The fourth-order valence-electron chi connectivity index (χ4n) is 3.38. The number of nitrogens with zero attached hydrogens (tertiary/aromatic N) is 3. The zero-order valence-corrected chi connectivity index (χ0v) is 15.8. The molecule has 7 heteroatoms. The summed E-state index contributed by atoms with van der Waals surface area (Å²) >= 11 is 3.20. The standard InChI is InChI=1S/C18H23BrFN3O2/c19-14-4-5-15(16(20)12-14)18(25)23-10-8-21(9-11-23)13-17(24)22-6-2-1-3-7-22/h4-5,12H,1-3,6-11,13H2. The van der Waals surface area contributed by atoms with Gasteiger partial charge >= 0.3 is 0 Å². The van der Waals surface area contributed by atoms with Crippen molar-refractivity contribution >= 4 is 27.7 Å². The zero-order valence-electron chi connectivity index (χ0n) is 14.2. The molecule has 136 valence electrons. The Hall–Kier alpha value is -1.47. The van der Waals surface area contributed by atoms with Crippen LogP contribution < -0.4 is 0 Å². The lowest BCUT2D eigenvalue weighted by molar-refractivity contribution is -0.133. The highest BCUT2D eigenvalue weighted by atomic mass is 79.9.